The number of aliphatic hydroxyl groups is 2. The molecule has 0 amide bonds. The molecule has 0 spiro atoms. The lowest BCUT2D eigenvalue weighted by Gasteiger charge is -2.39. The highest BCUT2D eigenvalue weighted by Crippen LogP contribution is 2.52. The molecule has 1 aromatic rings. The van der Waals surface area contributed by atoms with Crippen LogP contribution in [-0.2, 0) is 22.8 Å². The van der Waals surface area contributed by atoms with Gasteiger partial charge in [0.1, 0.15) is 12.3 Å². The van der Waals surface area contributed by atoms with Crippen LogP contribution in [0.1, 0.15) is 39.8 Å². The van der Waals surface area contributed by atoms with Gasteiger partial charge in [-0.3, -0.25) is 23.4 Å². The topological polar surface area (TPSA) is 153 Å². The first-order chi connectivity index (χ1) is 17.1. The van der Waals surface area contributed by atoms with Crippen molar-refractivity contribution >= 4 is 32.0 Å². The maximum absolute atomic E-state index is 13.7. The van der Waals surface area contributed by atoms with Crippen molar-refractivity contribution < 1.29 is 33.0 Å². The molecule has 15 heteroatoms. The Morgan fingerprint density at radius 1 is 1.35 bits per heavy atom. The zero-order valence-corrected chi connectivity index (χ0v) is 25.9. The van der Waals surface area contributed by atoms with Crippen LogP contribution < -0.4 is 11.2 Å². The molecule has 1 fully saturated rings. The summed E-state index contributed by atoms with van der Waals surface area (Å²) >= 11 is 3.32. The van der Waals surface area contributed by atoms with Crippen LogP contribution in [0, 0.1) is 0 Å². The van der Waals surface area contributed by atoms with Crippen LogP contribution in [0.25, 0.3) is 0 Å². The molecule has 3 N–H and O–H groups in total. The molecule has 0 bridgehead atoms. The van der Waals surface area contributed by atoms with Crippen molar-refractivity contribution in [2.24, 2.45) is 0 Å². The molecule has 1 aliphatic rings. The number of alkyl halides is 1. The molecule has 1 saturated heterocycles. The highest BCUT2D eigenvalue weighted by Gasteiger charge is 2.46. The van der Waals surface area contributed by atoms with E-state index in [9.17, 15) is 19.3 Å². The van der Waals surface area contributed by atoms with Crippen molar-refractivity contribution in [3.05, 3.63) is 33.1 Å². The summed E-state index contributed by atoms with van der Waals surface area (Å²) in [6.07, 6.45) is -1.05. The average molecular weight is 631 g/mol. The van der Waals surface area contributed by atoms with E-state index >= 15 is 0 Å². The summed E-state index contributed by atoms with van der Waals surface area (Å²) in [4.78, 5) is 26.2. The smallest absolute Gasteiger partial charge is 0.408 e. The lowest BCUT2D eigenvalue weighted by molar-refractivity contribution is -0.0435. The molecule has 1 aromatic heterocycles. The second kappa shape index (κ2) is 13.6. The number of hydrogen-bond acceptors (Lipinski definition) is 9. The molecular formula is C22H41BrN3O9PSi. The first kappa shape index (κ1) is 32.5. The minimum absolute atomic E-state index is 0.0836. The summed E-state index contributed by atoms with van der Waals surface area (Å²) < 4.78 is 40.7. The van der Waals surface area contributed by atoms with Crippen LogP contribution >= 0.6 is 23.7 Å². The first-order valence-electron chi connectivity index (χ1n) is 12.2. The van der Waals surface area contributed by atoms with Gasteiger partial charge in [0, 0.05) is 30.6 Å². The van der Waals surface area contributed by atoms with Crippen molar-refractivity contribution in [3.63, 3.8) is 0 Å². The van der Waals surface area contributed by atoms with Crippen LogP contribution in [0.15, 0.2) is 21.9 Å². The summed E-state index contributed by atoms with van der Waals surface area (Å²) in [6.45, 7) is 10.3. The number of rotatable bonds is 14. The number of halogens is 1. The Bertz CT molecular complexity index is 1030. The van der Waals surface area contributed by atoms with Crippen LogP contribution in [0.5, 0.6) is 0 Å². The Morgan fingerprint density at radius 2 is 2.03 bits per heavy atom. The van der Waals surface area contributed by atoms with Gasteiger partial charge in [-0.25, -0.2) is 14.0 Å². The highest BCUT2D eigenvalue weighted by atomic mass is 79.9. The van der Waals surface area contributed by atoms with E-state index in [-0.39, 0.29) is 24.7 Å². The van der Waals surface area contributed by atoms with E-state index in [0.717, 1.165) is 0 Å². The molecule has 12 nitrogen and oxygen atoms in total. The molecule has 2 rings (SSSR count). The molecule has 1 aliphatic heterocycles. The third-order valence-corrected chi connectivity index (χ3v) is 13.6. The zero-order valence-electron chi connectivity index (χ0n) is 22.4. The number of ether oxygens (including phenoxy) is 1. The van der Waals surface area contributed by atoms with Crippen molar-refractivity contribution in [2.75, 3.05) is 38.7 Å². The van der Waals surface area contributed by atoms with E-state index in [1.807, 2.05) is 0 Å². The molecule has 0 saturated carbocycles. The van der Waals surface area contributed by atoms with Gasteiger partial charge in [-0.2, -0.15) is 0 Å². The molecule has 214 valence electrons. The van der Waals surface area contributed by atoms with E-state index in [2.05, 4.69) is 54.8 Å². The van der Waals surface area contributed by atoms with E-state index in [1.165, 1.54) is 21.5 Å². The van der Waals surface area contributed by atoms with Crippen molar-refractivity contribution in [2.45, 2.75) is 76.3 Å². The van der Waals surface area contributed by atoms with Crippen LogP contribution in [0.2, 0.25) is 18.1 Å². The van der Waals surface area contributed by atoms with Gasteiger partial charge in [-0.05, 0) is 31.6 Å². The molecule has 0 aliphatic carbocycles. The Hall–Kier alpha value is -0.673. The average Bonchev–Trinajstić information content (AvgIpc) is 3.18. The maximum Gasteiger partial charge on any atom is 0.408 e. The highest BCUT2D eigenvalue weighted by molar-refractivity contribution is 9.09. The van der Waals surface area contributed by atoms with Gasteiger partial charge < -0.3 is 19.4 Å². The number of nitrogens with one attached hydrogen (secondary N) is 1. The molecular weight excluding hydrogens is 589 g/mol. The Balaban J connectivity index is 2.27. The minimum Gasteiger partial charge on any atom is -0.411 e. The fourth-order valence-corrected chi connectivity index (χ4v) is 7.05. The van der Waals surface area contributed by atoms with E-state index in [1.54, 1.807) is 7.05 Å². The number of aromatic amines is 1. The van der Waals surface area contributed by atoms with Crippen LogP contribution in [-0.4, -0.2) is 89.8 Å². The third kappa shape index (κ3) is 8.92. The van der Waals surface area contributed by atoms with Gasteiger partial charge >= 0.3 is 13.4 Å². The second-order valence-electron chi connectivity index (χ2n) is 10.6. The summed E-state index contributed by atoms with van der Waals surface area (Å²) in [6, 6.07) is 1.25. The predicted octanol–water partition coefficient (Wildman–Crippen LogP) is 2.43. The second-order valence-corrected chi connectivity index (χ2v) is 18.3. The molecule has 37 heavy (non-hydrogen) atoms. The summed E-state index contributed by atoms with van der Waals surface area (Å²) in [5.74, 6) is 0. The SMILES string of the molecule is CN(CCBr)P(=O)(OCCC(O)CO)OC[C@H]1O[C@@H](n2ccc(=O)[nH]c2=O)C[C@@H]1O[Si](C)(C)C(C)(C)C. The van der Waals surface area contributed by atoms with Crippen LogP contribution in [0.4, 0.5) is 0 Å². The standard InChI is InChI=1S/C22H41BrN3O9PSi/c1-22(2,3)37(5,6)35-17-13-20(26-10-7-19(29)24-21(26)30)34-18(17)15-33-36(31,25(4)11-9-23)32-12-8-16(28)14-27/h7,10,16-18,20,27-28H,8-9,11-15H2,1-6H3,(H,24,29,30)/t16?,17-,18+,20+,36?/m0/s1. The summed E-state index contributed by atoms with van der Waals surface area (Å²) in [7, 11) is -4.45. The fourth-order valence-electron chi connectivity index (χ4n) is 3.40. The van der Waals surface area contributed by atoms with E-state index < -0.39 is 58.5 Å². The van der Waals surface area contributed by atoms with Crippen molar-refractivity contribution in [1.29, 1.82) is 0 Å². The molecule has 2 heterocycles. The van der Waals surface area contributed by atoms with Gasteiger partial charge in [0.15, 0.2) is 8.32 Å². The largest absolute Gasteiger partial charge is 0.411 e. The van der Waals surface area contributed by atoms with Crippen molar-refractivity contribution in [1.82, 2.24) is 14.2 Å². The fraction of sp³-hybridized carbons (Fsp3) is 0.818. The molecule has 2 unspecified atom stereocenters. The molecule has 5 atom stereocenters. The Morgan fingerprint density at radius 3 is 2.59 bits per heavy atom. The van der Waals surface area contributed by atoms with Gasteiger partial charge in [-0.15, -0.1) is 0 Å². The lowest BCUT2D eigenvalue weighted by Crippen LogP contribution is -2.46. The number of nitrogens with zero attached hydrogens (tertiary/aromatic N) is 2. The van der Waals surface area contributed by atoms with Gasteiger partial charge in [-0.1, -0.05) is 36.7 Å². The third-order valence-electron chi connectivity index (χ3n) is 6.74. The van der Waals surface area contributed by atoms with Crippen molar-refractivity contribution in [3.8, 4) is 0 Å². The minimum atomic E-state index is -3.79. The number of hydrogen-bond donors (Lipinski definition) is 3. The number of aromatic nitrogens is 2. The Labute approximate surface area is 227 Å². The summed E-state index contributed by atoms with van der Waals surface area (Å²) in [5.41, 5.74) is -1.11. The van der Waals surface area contributed by atoms with Crippen LogP contribution in [0.3, 0.4) is 0 Å². The lowest BCUT2D eigenvalue weighted by atomic mass is 10.2. The maximum atomic E-state index is 13.7. The van der Waals surface area contributed by atoms with Gasteiger partial charge in [0.2, 0.25) is 0 Å². The van der Waals surface area contributed by atoms with Gasteiger partial charge in [0.25, 0.3) is 5.56 Å². The summed E-state index contributed by atoms with van der Waals surface area (Å²) in [5, 5.41) is 19.1. The van der Waals surface area contributed by atoms with E-state index in [0.29, 0.717) is 18.3 Å². The number of H-pyrrole nitrogens is 1. The quantitative estimate of drug-likeness (QED) is 0.159. The number of aliphatic hydroxyl groups excluding tert-OH is 2. The first-order valence-corrected chi connectivity index (χ1v) is 17.8. The molecule has 0 aromatic carbocycles. The normalized spacial score (nSPS) is 23.4. The Kier molecular flexibility index (Phi) is 12.0. The zero-order chi connectivity index (χ0) is 28.0. The van der Waals surface area contributed by atoms with Gasteiger partial charge in [0.05, 0.1) is 32.0 Å². The monoisotopic (exact) mass is 629 g/mol. The molecule has 0 radical (unpaired) electrons. The van der Waals surface area contributed by atoms with E-state index in [4.69, 9.17) is 23.3 Å². The predicted molar refractivity (Wildman–Crippen MR) is 146 cm³/mol.